The zero-order valence-electron chi connectivity index (χ0n) is 19.5. The smallest absolute Gasteiger partial charge is 0.290 e. The molecule has 184 valence electrons. The van der Waals surface area contributed by atoms with Crippen molar-refractivity contribution in [3.8, 4) is 16.9 Å². The zero-order valence-corrected chi connectivity index (χ0v) is 20.2. The maximum Gasteiger partial charge on any atom is 0.290 e. The highest BCUT2D eigenvalue weighted by atomic mass is 35.5. The third-order valence-electron chi connectivity index (χ3n) is 5.91. The lowest BCUT2D eigenvalue weighted by Crippen LogP contribution is -2.42. The molecule has 1 fully saturated rings. The van der Waals surface area contributed by atoms with Crippen molar-refractivity contribution in [3.05, 3.63) is 90.0 Å². The summed E-state index contributed by atoms with van der Waals surface area (Å²) in [5, 5.41) is 3.44. The Morgan fingerprint density at radius 2 is 1.97 bits per heavy atom. The fourth-order valence-corrected chi connectivity index (χ4v) is 4.37. The molecule has 8 nitrogen and oxygen atoms in total. The molecule has 1 N–H and O–H groups in total. The molecule has 1 aliphatic rings. The summed E-state index contributed by atoms with van der Waals surface area (Å²) in [5.41, 5.74) is 2.34. The van der Waals surface area contributed by atoms with Crippen molar-refractivity contribution >= 4 is 29.4 Å². The van der Waals surface area contributed by atoms with E-state index in [0.29, 0.717) is 29.8 Å². The molecule has 0 spiro atoms. The molecule has 2 amide bonds. The van der Waals surface area contributed by atoms with Crippen LogP contribution < -0.4 is 5.32 Å². The van der Waals surface area contributed by atoms with E-state index in [-0.39, 0.29) is 30.2 Å². The van der Waals surface area contributed by atoms with E-state index in [9.17, 15) is 9.59 Å². The molecule has 0 radical (unpaired) electrons. The Morgan fingerprint density at radius 3 is 2.69 bits per heavy atom. The number of carbonyl (C=O) groups excluding carboxylic acids is 2. The van der Waals surface area contributed by atoms with Gasteiger partial charge in [0.15, 0.2) is 5.76 Å². The number of nitrogens with zero attached hydrogens (tertiary/aromatic N) is 3. The summed E-state index contributed by atoms with van der Waals surface area (Å²) in [6.07, 6.45) is 4.93. The van der Waals surface area contributed by atoms with Gasteiger partial charge in [0, 0.05) is 35.6 Å². The van der Waals surface area contributed by atoms with Crippen molar-refractivity contribution in [1.29, 1.82) is 0 Å². The number of halogens is 1. The average molecular weight is 505 g/mol. The normalized spacial score (nSPS) is 15.1. The predicted octanol–water partition coefficient (Wildman–Crippen LogP) is 5.05. The average Bonchev–Trinajstić information content (AvgIpc) is 3.66. The molecule has 0 unspecified atom stereocenters. The Kier molecular flexibility index (Phi) is 7.16. The van der Waals surface area contributed by atoms with Gasteiger partial charge in [-0.2, -0.15) is 0 Å². The fraction of sp³-hybridized carbons (Fsp3) is 0.222. The number of carbonyl (C=O) groups is 2. The molecule has 3 heterocycles. The van der Waals surface area contributed by atoms with Crippen LogP contribution in [0.5, 0.6) is 0 Å². The maximum absolute atomic E-state index is 13.2. The van der Waals surface area contributed by atoms with Gasteiger partial charge in [-0.3, -0.25) is 19.5 Å². The highest BCUT2D eigenvalue weighted by molar-refractivity contribution is 6.30. The molecule has 5 rings (SSSR count). The maximum atomic E-state index is 13.2. The molecule has 9 heteroatoms. The van der Waals surface area contributed by atoms with Crippen LogP contribution in [0, 0.1) is 0 Å². The first-order valence-electron chi connectivity index (χ1n) is 11.7. The number of hydrogen-bond acceptors (Lipinski definition) is 5. The van der Waals surface area contributed by atoms with Crippen molar-refractivity contribution in [3.63, 3.8) is 0 Å². The second-order valence-corrected chi connectivity index (χ2v) is 8.95. The van der Waals surface area contributed by atoms with E-state index >= 15 is 0 Å². The molecule has 0 saturated carbocycles. The van der Waals surface area contributed by atoms with Gasteiger partial charge in [0.05, 0.1) is 18.1 Å². The first-order chi connectivity index (χ1) is 17.6. The Balaban J connectivity index is 1.40. The SMILES string of the molecule is O=C(CN(C[C@H]1CCCO1)C(=O)c1ccco1)Nc1nc(-c2ccccc2)cn1-c1cccc(Cl)c1. The van der Waals surface area contributed by atoms with E-state index in [1.807, 2.05) is 48.7 Å². The van der Waals surface area contributed by atoms with Gasteiger partial charge in [-0.05, 0) is 43.2 Å². The van der Waals surface area contributed by atoms with Crippen LogP contribution >= 0.6 is 11.6 Å². The van der Waals surface area contributed by atoms with Gasteiger partial charge >= 0.3 is 0 Å². The van der Waals surface area contributed by atoms with Crippen molar-refractivity contribution < 1.29 is 18.7 Å². The number of furan rings is 1. The Hall–Kier alpha value is -3.88. The van der Waals surface area contributed by atoms with E-state index in [4.69, 9.17) is 20.8 Å². The van der Waals surface area contributed by atoms with Crippen LogP contribution in [0.2, 0.25) is 5.02 Å². The third kappa shape index (κ3) is 5.50. The van der Waals surface area contributed by atoms with Crippen molar-refractivity contribution in [2.24, 2.45) is 0 Å². The fourth-order valence-electron chi connectivity index (χ4n) is 4.19. The van der Waals surface area contributed by atoms with E-state index in [1.165, 1.54) is 11.2 Å². The van der Waals surface area contributed by atoms with Crippen molar-refractivity contribution in [2.45, 2.75) is 18.9 Å². The van der Waals surface area contributed by atoms with Gasteiger partial charge in [-0.15, -0.1) is 0 Å². The number of ether oxygens (including phenoxy) is 1. The van der Waals surface area contributed by atoms with Crippen LogP contribution in [0.4, 0.5) is 5.95 Å². The molecule has 36 heavy (non-hydrogen) atoms. The van der Waals surface area contributed by atoms with Crippen molar-refractivity contribution in [1.82, 2.24) is 14.5 Å². The van der Waals surface area contributed by atoms with E-state index in [0.717, 1.165) is 24.1 Å². The summed E-state index contributed by atoms with van der Waals surface area (Å²) in [6, 6.07) is 20.2. The molecule has 1 atom stereocenters. The van der Waals surface area contributed by atoms with Crippen LogP contribution in [0.15, 0.2) is 83.6 Å². The molecular weight excluding hydrogens is 480 g/mol. The minimum Gasteiger partial charge on any atom is -0.459 e. The van der Waals surface area contributed by atoms with Gasteiger partial charge in [0.2, 0.25) is 11.9 Å². The molecule has 0 aliphatic carbocycles. The zero-order chi connectivity index (χ0) is 24.9. The molecule has 1 saturated heterocycles. The van der Waals surface area contributed by atoms with Gasteiger partial charge in [0.25, 0.3) is 5.91 Å². The first kappa shape index (κ1) is 23.8. The van der Waals surface area contributed by atoms with E-state index in [2.05, 4.69) is 10.3 Å². The van der Waals surface area contributed by atoms with Crippen LogP contribution in [0.25, 0.3) is 16.9 Å². The van der Waals surface area contributed by atoms with E-state index < -0.39 is 0 Å². The van der Waals surface area contributed by atoms with Crippen LogP contribution in [-0.2, 0) is 9.53 Å². The van der Waals surface area contributed by atoms with Gasteiger partial charge in [-0.25, -0.2) is 4.98 Å². The molecule has 4 aromatic rings. The summed E-state index contributed by atoms with van der Waals surface area (Å²) in [7, 11) is 0. The van der Waals surface area contributed by atoms with Gasteiger partial charge in [0.1, 0.15) is 6.54 Å². The lowest BCUT2D eigenvalue weighted by molar-refractivity contribution is -0.117. The number of rotatable bonds is 8. The highest BCUT2D eigenvalue weighted by Gasteiger charge is 2.27. The number of amides is 2. The quantitative estimate of drug-likeness (QED) is 0.363. The van der Waals surface area contributed by atoms with Gasteiger partial charge < -0.3 is 14.1 Å². The predicted molar refractivity (Wildman–Crippen MR) is 136 cm³/mol. The van der Waals surface area contributed by atoms with Crippen LogP contribution in [0.3, 0.4) is 0 Å². The first-order valence-corrected chi connectivity index (χ1v) is 12.1. The number of benzene rings is 2. The largest absolute Gasteiger partial charge is 0.459 e. The summed E-state index contributed by atoms with van der Waals surface area (Å²) >= 11 is 6.22. The number of anilines is 1. The van der Waals surface area contributed by atoms with E-state index in [1.54, 1.807) is 28.8 Å². The molecule has 2 aromatic heterocycles. The molecular formula is C27H25ClN4O4. The monoisotopic (exact) mass is 504 g/mol. The Morgan fingerprint density at radius 1 is 1.11 bits per heavy atom. The topological polar surface area (TPSA) is 89.6 Å². The van der Waals surface area contributed by atoms with Crippen LogP contribution in [-0.4, -0.2) is 52.1 Å². The molecule has 1 aliphatic heterocycles. The minimum atomic E-state index is -0.388. The number of nitrogens with one attached hydrogen (secondary N) is 1. The summed E-state index contributed by atoms with van der Waals surface area (Å²) < 4.78 is 12.8. The number of imidazole rings is 1. The summed E-state index contributed by atoms with van der Waals surface area (Å²) in [6.45, 7) is 0.770. The van der Waals surface area contributed by atoms with Gasteiger partial charge in [-0.1, -0.05) is 48.0 Å². The molecule has 0 bridgehead atoms. The molecule has 2 aromatic carbocycles. The van der Waals surface area contributed by atoms with Crippen molar-refractivity contribution in [2.75, 3.05) is 25.0 Å². The lowest BCUT2D eigenvalue weighted by Gasteiger charge is -2.24. The number of hydrogen-bond donors (Lipinski definition) is 1. The second kappa shape index (κ2) is 10.8. The Bertz CT molecular complexity index is 1330. The second-order valence-electron chi connectivity index (χ2n) is 8.51. The van der Waals surface area contributed by atoms with Crippen LogP contribution in [0.1, 0.15) is 23.4 Å². The lowest BCUT2D eigenvalue weighted by atomic mass is 10.2. The standard InChI is InChI=1S/C27H25ClN4O4/c28-20-9-4-10-21(15-20)32-17-23(19-7-2-1-3-8-19)29-27(32)30-25(33)18-31(16-22-11-5-13-35-22)26(34)24-12-6-14-36-24/h1-4,6-10,12,14-15,17,22H,5,11,13,16,18H2,(H,29,30,33)/t22-/m1/s1. The summed E-state index contributed by atoms with van der Waals surface area (Å²) in [4.78, 5) is 32.4. The number of aromatic nitrogens is 2. The minimum absolute atomic E-state index is 0.116. The third-order valence-corrected chi connectivity index (χ3v) is 6.15. The summed E-state index contributed by atoms with van der Waals surface area (Å²) in [5.74, 6) is -0.258. The Labute approximate surface area is 213 Å². The highest BCUT2D eigenvalue weighted by Crippen LogP contribution is 2.26.